The number of anilines is 1. The van der Waals surface area contributed by atoms with Crippen molar-refractivity contribution in [1.29, 1.82) is 0 Å². The Morgan fingerprint density at radius 1 is 1.29 bits per heavy atom. The monoisotopic (exact) mass is 316 g/mol. The second-order valence-electron chi connectivity index (χ2n) is 6.14. The van der Waals surface area contributed by atoms with Gasteiger partial charge in [0.25, 0.3) is 0 Å². The molecule has 0 aliphatic rings. The van der Waals surface area contributed by atoms with E-state index in [9.17, 15) is 12.8 Å². The molecule has 0 spiro atoms. The number of benzene rings is 1. The van der Waals surface area contributed by atoms with Gasteiger partial charge in [-0.3, -0.25) is 0 Å². The van der Waals surface area contributed by atoms with E-state index in [0.29, 0.717) is 0 Å². The third-order valence-corrected chi connectivity index (χ3v) is 4.88. The molecule has 0 amide bonds. The Morgan fingerprint density at radius 2 is 1.95 bits per heavy atom. The zero-order valence-electron chi connectivity index (χ0n) is 12.9. The molecule has 0 aliphatic heterocycles. The van der Waals surface area contributed by atoms with E-state index >= 15 is 0 Å². The third kappa shape index (κ3) is 5.63. The van der Waals surface area contributed by atoms with Gasteiger partial charge in [-0.1, -0.05) is 40.0 Å². The maximum absolute atomic E-state index is 13.7. The largest absolute Gasteiger partial charge is 0.399 e. The van der Waals surface area contributed by atoms with Gasteiger partial charge in [0.15, 0.2) is 0 Å². The number of hydrogen-bond donors (Lipinski definition) is 2. The van der Waals surface area contributed by atoms with Gasteiger partial charge in [0.05, 0.1) is 0 Å². The number of halogens is 1. The van der Waals surface area contributed by atoms with Gasteiger partial charge in [-0.2, -0.15) is 0 Å². The van der Waals surface area contributed by atoms with Crippen LogP contribution in [0.1, 0.15) is 46.5 Å². The van der Waals surface area contributed by atoms with Gasteiger partial charge >= 0.3 is 0 Å². The molecule has 0 heterocycles. The molecule has 1 rings (SSSR count). The minimum absolute atomic E-state index is 0.160. The fourth-order valence-electron chi connectivity index (χ4n) is 2.05. The Bertz CT molecular complexity index is 571. The summed E-state index contributed by atoms with van der Waals surface area (Å²) in [6.45, 7) is 6.41. The van der Waals surface area contributed by atoms with Crippen LogP contribution < -0.4 is 10.5 Å². The van der Waals surface area contributed by atoms with E-state index in [4.69, 9.17) is 5.73 Å². The van der Waals surface area contributed by atoms with Crippen LogP contribution in [0.4, 0.5) is 10.1 Å². The topological polar surface area (TPSA) is 72.2 Å². The van der Waals surface area contributed by atoms with E-state index in [1.165, 1.54) is 12.1 Å². The highest BCUT2D eigenvalue weighted by Crippen LogP contribution is 2.24. The highest BCUT2D eigenvalue weighted by molar-refractivity contribution is 7.89. The number of sulfonamides is 1. The lowest BCUT2D eigenvalue weighted by Gasteiger charge is -2.25. The second-order valence-corrected chi connectivity index (χ2v) is 7.87. The molecule has 0 aromatic heterocycles. The fourth-order valence-corrected chi connectivity index (χ4v) is 3.34. The molecule has 0 radical (unpaired) electrons. The third-order valence-electron chi connectivity index (χ3n) is 3.44. The lowest BCUT2D eigenvalue weighted by Crippen LogP contribution is -2.34. The summed E-state index contributed by atoms with van der Waals surface area (Å²) in [7, 11) is -3.85. The van der Waals surface area contributed by atoms with E-state index in [1.807, 2.05) is 13.8 Å². The van der Waals surface area contributed by atoms with Crippen molar-refractivity contribution in [2.24, 2.45) is 5.41 Å². The summed E-state index contributed by atoms with van der Waals surface area (Å²) in [5.41, 5.74) is 5.47. The maximum atomic E-state index is 13.7. The molecule has 1 aromatic rings. The van der Waals surface area contributed by atoms with Crippen LogP contribution in [-0.2, 0) is 10.0 Å². The minimum atomic E-state index is -3.85. The number of nitrogen functional groups attached to an aromatic ring is 1. The van der Waals surface area contributed by atoms with Crippen molar-refractivity contribution >= 4 is 15.7 Å². The molecule has 1 aromatic carbocycles. The molecule has 0 fully saturated rings. The summed E-state index contributed by atoms with van der Waals surface area (Å²) in [5.74, 6) is -0.828. The molecule has 0 bridgehead atoms. The van der Waals surface area contributed by atoms with Crippen molar-refractivity contribution in [3.05, 3.63) is 24.0 Å². The predicted octanol–water partition coefficient (Wildman–Crippen LogP) is 3.29. The van der Waals surface area contributed by atoms with E-state index in [2.05, 4.69) is 11.6 Å². The Morgan fingerprint density at radius 3 is 2.52 bits per heavy atom. The Hall–Kier alpha value is -1.14. The highest BCUT2D eigenvalue weighted by Gasteiger charge is 2.24. The van der Waals surface area contributed by atoms with Gasteiger partial charge in [0.1, 0.15) is 10.7 Å². The van der Waals surface area contributed by atoms with Crippen LogP contribution in [0.2, 0.25) is 0 Å². The van der Waals surface area contributed by atoms with Gasteiger partial charge in [-0.15, -0.1) is 0 Å². The van der Waals surface area contributed by atoms with Gasteiger partial charge in [0.2, 0.25) is 10.0 Å². The predicted molar refractivity (Wildman–Crippen MR) is 83.9 cm³/mol. The molecule has 0 saturated carbocycles. The first-order valence-corrected chi connectivity index (χ1v) is 8.71. The Kier molecular flexibility index (Phi) is 6.16. The summed E-state index contributed by atoms with van der Waals surface area (Å²) in [6.07, 6.45) is 4.23. The van der Waals surface area contributed by atoms with Crippen molar-refractivity contribution < 1.29 is 12.8 Å². The van der Waals surface area contributed by atoms with Crippen LogP contribution in [-0.4, -0.2) is 15.0 Å². The molecule has 3 N–H and O–H groups in total. The molecular formula is C15H25FN2O2S. The maximum Gasteiger partial charge on any atom is 0.243 e. The van der Waals surface area contributed by atoms with E-state index < -0.39 is 15.8 Å². The first-order chi connectivity index (χ1) is 9.68. The van der Waals surface area contributed by atoms with Crippen molar-refractivity contribution in [1.82, 2.24) is 4.72 Å². The molecule has 0 aliphatic carbocycles. The van der Waals surface area contributed by atoms with Gasteiger partial charge in [-0.25, -0.2) is 17.5 Å². The Balaban J connectivity index is 2.72. The lowest BCUT2D eigenvalue weighted by atomic mass is 9.87. The Labute approximate surface area is 127 Å². The molecule has 21 heavy (non-hydrogen) atoms. The summed E-state index contributed by atoms with van der Waals surface area (Å²) in [6, 6.07) is 3.59. The summed E-state index contributed by atoms with van der Waals surface area (Å²) < 4.78 is 40.5. The number of unbranched alkanes of at least 4 members (excludes halogenated alkanes) is 2. The lowest BCUT2D eigenvalue weighted by molar-refractivity contribution is 0.320. The van der Waals surface area contributed by atoms with Crippen molar-refractivity contribution in [2.45, 2.75) is 51.3 Å². The van der Waals surface area contributed by atoms with E-state index in [1.54, 1.807) is 0 Å². The molecular weight excluding hydrogens is 291 g/mol. The zero-order chi connectivity index (χ0) is 16.1. The molecule has 0 atom stereocenters. The van der Waals surface area contributed by atoms with Gasteiger partial charge in [0, 0.05) is 12.2 Å². The van der Waals surface area contributed by atoms with Crippen LogP contribution in [0.25, 0.3) is 0 Å². The quantitative estimate of drug-likeness (QED) is 0.571. The average molecular weight is 316 g/mol. The standard InChI is InChI=1S/C15H25FN2O2S/c1-4-5-6-9-15(2,3)11-18-21(19,20)14-8-7-12(17)10-13(14)16/h7-8,10,18H,4-6,9,11,17H2,1-3H3. The van der Waals surface area contributed by atoms with Crippen LogP contribution in [0.3, 0.4) is 0 Å². The smallest absolute Gasteiger partial charge is 0.243 e. The summed E-state index contributed by atoms with van der Waals surface area (Å²) >= 11 is 0. The van der Waals surface area contributed by atoms with Crippen LogP contribution >= 0.6 is 0 Å². The van der Waals surface area contributed by atoms with E-state index in [-0.39, 0.29) is 22.5 Å². The fraction of sp³-hybridized carbons (Fsp3) is 0.600. The first kappa shape index (κ1) is 17.9. The number of nitrogens with two attached hydrogens (primary N) is 1. The van der Waals surface area contributed by atoms with Crippen LogP contribution in [0, 0.1) is 11.2 Å². The summed E-state index contributed by atoms with van der Waals surface area (Å²) in [4.78, 5) is -0.360. The normalized spacial score (nSPS) is 12.6. The average Bonchev–Trinajstić information content (AvgIpc) is 2.36. The van der Waals surface area contributed by atoms with Gasteiger partial charge < -0.3 is 5.73 Å². The number of rotatable bonds is 8. The van der Waals surface area contributed by atoms with Crippen molar-refractivity contribution in [3.63, 3.8) is 0 Å². The van der Waals surface area contributed by atoms with Gasteiger partial charge in [-0.05, 0) is 30.0 Å². The molecule has 0 unspecified atom stereocenters. The molecule has 0 saturated heterocycles. The number of hydrogen-bond acceptors (Lipinski definition) is 3. The number of nitrogens with one attached hydrogen (secondary N) is 1. The van der Waals surface area contributed by atoms with Crippen LogP contribution in [0.15, 0.2) is 23.1 Å². The molecule has 4 nitrogen and oxygen atoms in total. The van der Waals surface area contributed by atoms with Crippen molar-refractivity contribution in [2.75, 3.05) is 12.3 Å². The highest BCUT2D eigenvalue weighted by atomic mass is 32.2. The first-order valence-electron chi connectivity index (χ1n) is 7.23. The SMILES string of the molecule is CCCCCC(C)(C)CNS(=O)(=O)c1ccc(N)cc1F. The van der Waals surface area contributed by atoms with Crippen molar-refractivity contribution in [3.8, 4) is 0 Å². The molecule has 6 heteroatoms. The zero-order valence-corrected chi connectivity index (χ0v) is 13.8. The van der Waals surface area contributed by atoms with E-state index in [0.717, 1.165) is 31.7 Å². The van der Waals surface area contributed by atoms with Crippen LogP contribution in [0.5, 0.6) is 0 Å². The summed E-state index contributed by atoms with van der Waals surface area (Å²) in [5, 5.41) is 0. The minimum Gasteiger partial charge on any atom is -0.399 e. The second kappa shape index (κ2) is 7.22. The molecule has 120 valence electrons.